The fourth-order valence-corrected chi connectivity index (χ4v) is 2.44. The minimum absolute atomic E-state index is 0.0232. The molecule has 0 radical (unpaired) electrons. The Bertz CT molecular complexity index is 931. The molecular weight excluding hydrogens is 407 g/mol. The molecule has 0 fully saturated rings. The first-order chi connectivity index (χ1) is 13.0. The van der Waals surface area contributed by atoms with Gasteiger partial charge in [0.2, 0.25) is 5.78 Å². The Morgan fingerprint density at radius 3 is 2.43 bits per heavy atom. The average molecular weight is 418 g/mol. The molecule has 0 aromatic heterocycles. The second-order valence-electron chi connectivity index (χ2n) is 5.54. The number of hydrogen-bond donors (Lipinski definition) is 1. The molecule has 0 bridgehead atoms. The standard InChI is InChI=1S/C17H11ClF3NO6/c18-12-7-10(17(19,20)21)4-5-14(12)28-11-3-1-2-9(6-11)16(25)13(22(26)27)8-15(23)24/h1-7,13H,8H2,(H,23,24). The molecule has 28 heavy (non-hydrogen) atoms. The molecule has 0 heterocycles. The zero-order valence-corrected chi connectivity index (χ0v) is 14.5. The highest BCUT2D eigenvalue weighted by atomic mass is 35.5. The SMILES string of the molecule is O=C(O)CC(C(=O)c1cccc(Oc2ccc(C(F)(F)F)cc2Cl)c1)[N+](=O)[O-]. The monoisotopic (exact) mass is 417 g/mol. The molecule has 1 unspecified atom stereocenters. The number of ketones is 1. The Kier molecular flexibility index (Phi) is 6.24. The van der Waals surface area contributed by atoms with Gasteiger partial charge < -0.3 is 9.84 Å². The summed E-state index contributed by atoms with van der Waals surface area (Å²) in [6, 6.07) is 5.43. The van der Waals surface area contributed by atoms with Crippen LogP contribution in [0.5, 0.6) is 11.5 Å². The van der Waals surface area contributed by atoms with Crippen molar-refractivity contribution in [1.29, 1.82) is 0 Å². The Balaban J connectivity index is 2.27. The lowest BCUT2D eigenvalue weighted by Gasteiger charge is -2.12. The summed E-state index contributed by atoms with van der Waals surface area (Å²) in [6.07, 6.45) is -5.59. The van der Waals surface area contributed by atoms with Crippen LogP contribution in [-0.2, 0) is 11.0 Å². The summed E-state index contributed by atoms with van der Waals surface area (Å²) in [6.45, 7) is 0. The third kappa shape index (κ3) is 5.19. The summed E-state index contributed by atoms with van der Waals surface area (Å²) in [4.78, 5) is 32.9. The van der Waals surface area contributed by atoms with Crippen LogP contribution >= 0.6 is 11.6 Å². The third-order valence-corrected chi connectivity index (χ3v) is 3.83. The normalized spacial score (nSPS) is 12.3. The van der Waals surface area contributed by atoms with Crippen LogP contribution in [0.4, 0.5) is 13.2 Å². The van der Waals surface area contributed by atoms with Gasteiger partial charge in [-0.05, 0) is 30.3 Å². The van der Waals surface area contributed by atoms with E-state index in [9.17, 15) is 32.9 Å². The van der Waals surface area contributed by atoms with Gasteiger partial charge in [-0.25, -0.2) is 0 Å². The van der Waals surface area contributed by atoms with Crippen LogP contribution in [0, 0.1) is 10.1 Å². The molecule has 0 aliphatic heterocycles. The predicted molar refractivity (Wildman–Crippen MR) is 90.3 cm³/mol. The van der Waals surface area contributed by atoms with E-state index in [0.29, 0.717) is 6.07 Å². The Morgan fingerprint density at radius 1 is 1.21 bits per heavy atom. The molecule has 7 nitrogen and oxygen atoms in total. The van der Waals surface area contributed by atoms with E-state index in [2.05, 4.69) is 0 Å². The van der Waals surface area contributed by atoms with E-state index in [-0.39, 0.29) is 22.1 Å². The van der Waals surface area contributed by atoms with Crippen LogP contribution in [0.2, 0.25) is 5.02 Å². The first kappa shape index (κ1) is 21.2. The lowest BCUT2D eigenvalue weighted by atomic mass is 10.0. The molecule has 2 rings (SSSR count). The molecule has 2 aromatic carbocycles. The molecular formula is C17H11ClF3NO6. The number of halogens is 4. The molecule has 148 valence electrons. The molecule has 0 saturated carbocycles. The molecule has 0 saturated heterocycles. The first-order valence-corrected chi connectivity index (χ1v) is 7.91. The highest BCUT2D eigenvalue weighted by Gasteiger charge is 2.33. The number of benzene rings is 2. The minimum atomic E-state index is -4.59. The number of rotatable bonds is 7. The summed E-state index contributed by atoms with van der Waals surface area (Å²) in [7, 11) is 0. The van der Waals surface area contributed by atoms with E-state index in [0.717, 1.165) is 18.2 Å². The summed E-state index contributed by atoms with van der Waals surface area (Å²) < 4.78 is 43.3. The largest absolute Gasteiger partial charge is 0.481 e. The average Bonchev–Trinajstić information content (AvgIpc) is 2.60. The quantitative estimate of drug-likeness (QED) is 0.405. The molecule has 11 heteroatoms. The molecule has 1 N–H and O–H groups in total. The zero-order chi connectivity index (χ0) is 21.1. The molecule has 0 spiro atoms. The number of alkyl halides is 3. The van der Waals surface area contributed by atoms with Gasteiger partial charge >= 0.3 is 12.1 Å². The molecule has 1 atom stereocenters. The summed E-state index contributed by atoms with van der Waals surface area (Å²) in [5.74, 6) is -2.71. The van der Waals surface area contributed by atoms with E-state index >= 15 is 0 Å². The maximum atomic E-state index is 12.7. The van der Waals surface area contributed by atoms with Gasteiger partial charge in [0.25, 0.3) is 6.04 Å². The zero-order valence-electron chi connectivity index (χ0n) is 13.8. The summed E-state index contributed by atoms with van der Waals surface area (Å²) in [5.41, 5.74) is -1.17. The number of nitrogens with zero attached hydrogens (tertiary/aromatic N) is 1. The van der Waals surface area contributed by atoms with Crippen LogP contribution in [0.25, 0.3) is 0 Å². The van der Waals surface area contributed by atoms with Gasteiger partial charge in [0, 0.05) is 10.5 Å². The fraction of sp³-hybridized carbons (Fsp3) is 0.176. The number of carboxylic acid groups (broad SMARTS) is 1. The van der Waals surface area contributed by atoms with E-state index in [1.807, 2.05) is 0 Å². The number of hydrogen-bond acceptors (Lipinski definition) is 5. The van der Waals surface area contributed by atoms with Gasteiger partial charge in [0.1, 0.15) is 17.9 Å². The smallest absolute Gasteiger partial charge is 0.416 e. The van der Waals surface area contributed by atoms with Crippen molar-refractivity contribution in [2.45, 2.75) is 18.6 Å². The van der Waals surface area contributed by atoms with E-state index in [1.165, 1.54) is 18.2 Å². The van der Waals surface area contributed by atoms with Crippen LogP contribution < -0.4 is 4.74 Å². The van der Waals surface area contributed by atoms with Crippen molar-refractivity contribution < 1.29 is 37.5 Å². The van der Waals surface area contributed by atoms with Crippen LogP contribution in [0.1, 0.15) is 22.3 Å². The number of aliphatic carboxylic acids is 1. The van der Waals surface area contributed by atoms with Gasteiger partial charge in [0.05, 0.1) is 10.6 Å². The second-order valence-corrected chi connectivity index (χ2v) is 5.94. The van der Waals surface area contributed by atoms with Crippen molar-refractivity contribution in [1.82, 2.24) is 0 Å². The van der Waals surface area contributed by atoms with Gasteiger partial charge in [-0.15, -0.1) is 0 Å². The second kappa shape index (κ2) is 8.26. The predicted octanol–water partition coefficient (Wildman–Crippen LogP) is 4.45. The number of carboxylic acids is 1. The lowest BCUT2D eigenvalue weighted by Crippen LogP contribution is -2.32. The third-order valence-electron chi connectivity index (χ3n) is 3.53. The molecule has 0 amide bonds. The lowest BCUT2D eigenvalue weighted by molar-refractivity contribution is -0.504. The van der Waals surface area contributed by atoms with Gasteiger partial charge in [0.15, 0.2) is 0 Å². The van der Waals surface area contributed by atoms with Gasteiger partial charge in [-0.2, -0.15) is 13.2 Å². The summed E-state index contributed by atoms with van der Waals surface area (Å²) in [5, 5.41) is 19.3. The number of carbonyl (C=O) groups excluding carboxylic acids is 1. The van der Waals surface area contributed by atoms with Crippen molar-refractivity contribution in [2.75, 3.05) is 0 Å². The molecule has 0 aliphatic carbocycles. The molecule has 2 aromatic rings. The number of ether oxygens (including phenoxy) is 1. The maximum absolute atomic E-state index is 12.7. The summed E-state index contributed by atoms with van der Waals surface area (Å²) >= 11 is 5.79. The van der Waals surface area contributed by atoms with Crippen LogP contribution in [0.15, 0.2) is 42.5 Å². The number of carbonyl (C=O) groups is 2. The van der Waals surface area contributed by atoms with E-state index in [4.69, 9.17) is 21.4 Å². The van der Waals surface area contributed by atoms with Crippen molar-refractivity contribution >= 4 is 23.4 Å². The highest BCUT2D eigenvalue weighted by Crippen LogP contribution is 2.36. The van der Waals surface area contributed by atoms with Crippen LogP contribution in [-0.4, -0.2) is 27.8 Å². The van der Waals surface area contributed by atoms with Gasteiger partial charge in [-0.3, -0.25) is 19.7 Å². The van der Waals surface area contributed by atoms with E-state index < -0.39 is 40.9 Å². The van der Waals surface area contributed by atoms with Crippen molar-refractivity contribution in [3.8, 4) is 11.5 Å². The maximum Gasteiger partial charge on any atom is 0.416 e. The van der Waals surface area contributed by atoms with Crippen molar-refractivity contribution in [2.24, 2.45) is 0 Å². The Morgan fingerprint density at radius 2 is 1.89 bits per heavy atom. The molecule has 0 aliphatic rings. The first-order valence-electron chi connectivity index (χ1n) is 7.53. The fourth-order valence-electron chi connectivity index (χ4n) is 2.22. The van der Waals surface area contributed by atoms with Crippen molar-refractivity contribution in [3.05, 3.63) is 68.7 Å². The minimum Gasteiger partial charge on any atom is -0.481 e. The van der Waals surface area contributed by atoms with Crippen LogP contribution in [0.3, 0.4) is 0 Å². The topological polar surface area (TPSA) is 107 Å². The number of nitro groups is 1. The van der Waals surface area contributed by atoms with Crippen molar-refractivity contribution in [3.63, 3.8) is 0 Å². The Labute approximate surface area is 160 Å². The number of Topliss-reactive ketones (excluding diaryl/α,β-unsaturated/α-hetero) is 1. The van der Waals surface area contributed by atoms with Gasteiger partial charge in [-0.1, -0.05) is 23.7 Å². The Hall–Kier alpha value is -3.14. The van der Waals surface area contributed by atoms with E-state index in [1.54, 1.807) is 0 Å². The highest BCUT2D eigenvalue weighted by molar-refractivity contribution is 6.32.